The van der Waals surface area contributed by atoms with Crippen molar-refractivity contribution in [3.8, 4) is 0 Å². The third-order valence-corrected chi connectivity index (χ3v) is 0.982. The fraction of sp³-hybridized carbons (Fsp3) is 0.143. The lowest BCUT2D eigenvalue weighted by molar-refractivity contribution is -0.418. The molecule has 0 aromatic heterocycles. The molecule has 12 heavy (non-hydrogen) atoms. The maximum absolute atomic E-state index is 12.5. The van der Waals surface area contributed by atoms with Gasteiger partial charge in [-0.3, -0.25) is 10.1 Å². The summed E-state index contributed by atoms with van der Waals surface area (Å²) in [7, 11) is 0. The van der Waals surface area contributed by atoms with Crippen molar-refractivity contribution in [2.24, 2.45) is 5.73 Å². The Balaban J connectivity index is 4.16. The lowest BCUT2D eigenvalue weighted by Crippen LogP contribution is -1.94. The van der Waals surface area contributed by atoms with Crippen LogP contribution in [0, 0.1) is 10.1 Å². The molecule has 0 spiro atoms. The van der Waals surface area contributed by atoms with Crippen LogP contribution < -0.4 is 5.73 Å². The predicted molar refractivity (Wildman–Crippen MR) is 43.5 cm³/mol. The summed E-state index contributed by atoms with van der Waals surface area (Å²) >= 11 is 0. The predicted octanol–water partition coefficient (Wildman–Crippen LogP) is 1.15. The van der Waals surface area contributed by atoms with E-state index in [-0.39, 0.29) is 12.2 Å². The van der Waals surface area contributed by atoms with Crippen molar-refractivity contribution >= 4 is 0 Å². The van der Waals surface area contributed by atoms with Gasteiger partial charge in [-0.05, 0) is 18.7 Å². The lowest BCUT2D eigenvalue weighted by Gasteiger charge is -1.86. The van der Waals surface area contributed by atoms with E-state index in [1.807, 2.05) is 0 Å². The van der Waals surface area contributed by atoms with Gasteiger partial charge in [0.15, 0.2) is 0 Å². The number of hydrogen-bond donors (Lipinski definition) is 1. The van der Waals surface area contributed by atoms with Crippen LogP contribution in [0.25, 0.3) is 0 Å². The van der Waals surface area contributed by atoms with E-state index in [4.69, 9.17) is 5.73 Å². The molecular weight excluding hydrogens is 163 g/mol. The molecule has 0 atom stereocenters. The van der Waals surface area contributed by atoms with Crippen LogP contribution in [0.5, 0.6) is 0 Å². The molecule has 0 aliphatic rings. The molecule has 0 amide bonds. The quantitative estimate of drug-likeness (QED) is 0.392. The first-order valence-electron chi connectivity index (χ1n) is 3.15. The second-order valence-corrected chi connectivity index (χ2v) is 1.91. The number of nitro groups is 1. The Kier molecular flexibility index (Phi) is 4.55. The average molecular weight is 172 g/mol. The van der Waals surface area contributed by atoms with Gasteiger partial charge < -0.3 is 5.73 Å². The Morgan fingerprint density at radius 1 is 1.67 bits per heavy atom. The third-order valence-electron chi connectivity index (χ3n) is 0.982. The zero-order valence-electron chi connectivity index (χ0n) is 6.37. The standard InChI is InChI=1S/C7H9FN2O2/c1-6(10(11)12)2-3-7(8)4-5-9/h2-4H,1,5,9H2/b3-2-,7-4+. The Morgan fingerprint density at radius 3 is 2.67 bits per heavy atom. The van der Waals surface area contributed by atoms with Crippen molar-refractivity contribution in [1.82, 2.24) is 0 Å². The summed E-state index contributed by atoms with van der Waals surface area (Å²) in [5, 5.41) is 9.96. The van der Waals surface area contributed by atoms with Gasteiger partial charge in [0.1, 0.15) is 5.83 Å². The van der Waals surface area contributed by atoms with Crippen molar-refractivity contribution in [3.63, 3.8) is 0 Å². The van der Waals surface area contributed by atoms with Gasteiger partial charge in [-0.2, -0.15) is 0 Å². The Labute approximate surface area is 69.0 Å². The summed E-state index contributed by atoms with van der Waals surface area (Å²) in [5.41, 5.74) is 4.62. The molecule has 66 valence electrons. The summed E-state index contributed by atoms with van der Waals surface area (Å²) in [6.45, 7) is 3.13. The average Bonchev–Trinajstić information content (AvgIpc) is 2.00. The van der Waals surface area contributed by atoms with Gasteiger partial charge >= 0.3 is 0 Å². The molecule has 0 heterocycles. The van der Waals surface area contributed by atoms with Crippen LogP contribution in [0.3, 0.4) is 0 Å². The normalized spacial score (nSPS) is 12.0. The van der Waals surface area contributed by atoms with Crippen molar-refractivity contribution < 1.29 is 9.31 Å². The van der Waals surface area contributed by atoms with Gasteiger partial charge in [0.05, 0.1) is 4.92 Å². The minimum absolute atomic E-state index is 0.0567. The molecular formula is C7H9FN2O2. The SMILES string of the molecule is C=C(/C=C\C(F)=C/CN)[N+](=O)[O-]. The van der Waals surface area contributed by atoms with E-state index in [9.17, 15) is 14.5 Å². The first-order chi connectivity index (χ1) is 5.57. The van der Waals surface area contributed by atoms with E-state index in [1.54, 1.807) is 0 Å². The van der Waals surface area contributed by atoms with E-state index < -0.39 is 10.8 Å². The molecule has 0 rings (SSSR count). The van der Waals surface area contributed by atoms with E-state index in [1.165, 1.54) is 0 Å². The summed E-state index contributed by atoms with van der Waals surface area (Å²) in [6, 6.07) is 0. The van der Waals surface area contributed by atoms with Crippen molar-refractivity contribution in [3.05, 3.63) is 46.4 Å². The van der Waals surface area contributed by atoms with Gasteiger partial charge in [-0.1, -0.05) is 0 Å². The molecule has 0 unspecified atom stereocenters. The van der Waals surface area contributed by atoms with Gasteiger partial charge in [-0.15, -0.1) is 0 Å². The summed E-state index contributed by atoms with van der Waals surface area (Å²) in [5.74, 6) is -0.611. The van der Waals surface area contributed by atoms with Crippen LogP contribution in [-0.4, -0.2) is 11.5 Å². The molecule has 0 aliphatic carbocycles. The van der Waals surface area contributed by atoms with Crippen LogP contribution in [0.4, 0.5) is 4.39 Å². The Bertz CT molecular complexity index is 246. The van der Waals surface area contributed by atoms with Gasteiger partial charge in [0, 0.05) is 12.6 Å². The molecule has 4 nitrogen and oxygen atoms in total. The largest absolute Gasteiger partial charge is 0.327 e. The van der Waals surface area contributed by atoms with Crippen LogP contribution >= 0.6 is 0 Å². The van der Waals surface area contributed by atoms with Gasteiger partial charge in [0.2, 0.25) is 0 Å². The molecule has 0 saturated carbocycles. The summed E-state index contributed by atoms with van der Waals surface area (Å²) < 4.78 is 12.5. The smallest absolute Gasteiger partial charge is 0.262 e. The zero-order chi connectivity index (χ0) is 9.56. The fourth-order valence-electron chi connectivity index (χ4n) is 0.417. The highest BCUT2D eigenvalue weighted by Gasteiger charge is 1.99. The summed E-state index contributed by atoms with van der Waals surface area (Å²) in [6.07, 6.45) is 3.02. The molecule has 0 aromatic rings. The van der Waals surface area contributed by atoms with Crippen molar-refractivity contribution in [1.29, 1.82) is 0 Å². The Morgan fingerprint density at radius 2 is 2.25 bits per heavy atom. The van der Waals surface area contributed by atoms with E-state index in [0.29, 0.717) is 0 Å². The number of allylic oxidation sites excluding steroid dienone is 3. The van der Waals surface area contributed by atoms with Crippen molar-refractivity contribution in [2.45, 2.75) is 0 Å². The number of nitrogens with zero attached hydrogens (tertiary/aromatic N) is 1. The second kappa shape index (κ2) is 5.20. The molecule has 0 radical (unpaired) electrons. The zero-order valence-corrected chi connectivity index (χ0v) is 6.37. The van der Waals surface area contributed by atoms with Crippen LogP contribution in [0.2, 0.25) is 0 Å². The van der Waals surface area contributed by atoms with E-state index in [2.05, 4.69) is 6.58 Å². The minimum Gasteiger partial charge on any atom is -0.327 e. The first-order valence-corrected chi connectivity index (χ1v) is 3.15. The highest BCUT2D eigenvalue weighted by atomic mass is 19.1. The maximum atomic E-state index is 12.5. The number of hydrogen-bond acceptors (Lipinski definition) is 3. The highest BCUT2D eigenvalue weighted by molar-refractivity contribution is 5.18. The van der Waals surface area contributed by atoms with E-state index >= 15 is 0 Å². The Hall–Kier alpha value is -1.49. The monoisotopic (exact) mass is 172 g/mol. The number of halogens is 1. The topological polar surface area (TPSA) is 69.2 Å². The van der Waals surface area contributed by atoms with Crippen LogP contribution in [0.1, 0.15) is 0 Å². The molecule has 0 saturated heterocycles. The molecule has 0 aliphatic heterocycles. The maximum Gasteiger partial charge on any atom is 0.262 e. The van der Waals surface area contributed by atoms with Crippen LogP contribution in [0.15, 0.2) is 36.3 Å². The number of rotatable bonds is 4. The lowest BCUT2D eigenvalue weighted by atomic mass is 10.3. The van der Waals surface area contributed by atoms with Gasteiger partial charge in [0.25, 0.3) is 5.70 Å². The minimum atomic E-state index is -0.702. The summed E-state index contributed by atoms with van der Waals surface area (Å²) in [4.78, 5) is 9.26. The van der Waals surface area contributed by atoms with E-state index in [0.717, 1.165) is 18.2 Å². The first kappa shape index (κ1) is 10.5. The fourth-order valence-corrected chi connectivity index (χ4v) is 0.417. The van der Waals surface area contributed by atoms with Crippen molar-refractivity contribution in [2.75, 3.05) is 6.54 Å². The van der Waals surface area contributed by atoms with Crippen LogP contribution in [-0.2, 0) is 0 Å². The van der Waals surface area contributed by atoms with Gasteiger partial charge in [-0.25, -0.2) is 4.39 Å². The third kappa shape index (κ3) is 4.35. The molecule has 0 fully saturated rings. The molecule has 0 bridgehead atoms. The molecule has 2 N–H and O–H groups in total. The highest BCUT2D eigenvalue weighted by Crippen LogP contribution is 2.01. The molecule has 0 aromatic carbocycles. The number of nitrogens with two attached hydrogens (primary N) is 1. The molecule has 5 heteroatoms. The second-order valence-electron chi connectivity index (χ2n) is 1.91.